The average molecular weight is 358 g/mol. The van der Waals surface area contributed by atoms with E-state index < -0.39 is 5.82 Å². The fraction of sp³-hybridized carbons (Fsp3) is 0.200. The monoisotopic (exact) mass is 356 g/mol. The van der Waals surface area contributed by atoms with Crippen LogP contribution in [-0.2, 0) is 6.42 Å². The summed E-state index contributed by atoms with van der Waals surface area (Å²) in [5.74, 6) is 5.24. The van der Waals surface area contributed by atoms with Gasteiger partial charge in [-0.15, -0.1) is 0 Å². The lowest BCUT2D eigenvalue weighted by atomic mass is 9.98. The first-order valence-corrected chi connectivity index (χ1v) is 7.35. The molecule has 5 heteroatoms. The van der Waals surface area contributed by atoms with Gasteiger partial charge in [-0.05, 0) is 42.2 Å². The van der Waals surface area contributed by atoms with Crippen LogP contribution in [0.2, 0.25) is 5.02 Å². The topological polar surface area (TPSA) is 38.0 Å². The summed E-state index contributed by atoms with van der Waals surface area (Å²) in [7, 11) is 0. The summed E-state index contributed by atoms with van der Waals surface area (Å²) < 4.78 is 14.5. The van der Waals surface area contributed by atoms with E-state index in [0.29, 0.717) is 6.42 Å². The van der Waals surface area contributed by atoms with Gasteiger partial charge >= 0.3 is 0 Å². The number of hydrazine groups is 1. The molecule has 0 saturated carbocycles. The molecule has 3 N–H and O–H groups in total. The van der Waals surface area contributed by atoms with Gasteiger partial charge in [0.05, 0.1) is 11.1 Å². The number of halogens is 3. The summed E-state index contributed by atoms with van der Waals surface area (Å²) >= 11 is 9.26. The molecule has 0 spiro atoms. The Kier molecular flexibility index (Phi) is 5.16. The molecule has 0 fully saturated rings. The first-order chi connectivity index (χ1) is 9.52. The van der Waals surface area contributed by atoms with E-state index in [1.807, 2.05) is 25.1 Å². The van der Waals surface area contributed by atoms with Gasteiger partial charge in [0, 0.05) is 4.47 Å². The minimum atomic E-state index is -0.414. The van der Waals surface area contributed by atoms with E-state index in [1.165, 1.54) is 6.07 Å². The van der Waals surface area contributed by atoms with Gasteiger partial charge in [-0.2, -0.15) is 0 Å². The largest absolute Gasteiger partial charge is 0.271 e. The lowest BCUT2D eigenvalue weighted by Gasteiger charge is -2.19. The summed E-state index contributed by atoms with van der Waals surface area (Å²) in [5, 5.41) is 0.128. The van der Waals surface area contributed by atoms with Gasteiger partial charge in [-0.3, -0.25) is 11.3 Å². The summed E-state index contributed by atoms with van der Waals surface area (Å²) in [6.07, 6.45) is 0.576. The molecule has 20 heavy (non-hydrogen) atoms. The molecule has 2 aromatic rings. The maximum absolute atomic E-state index is 13.5. The van der Waals surface area contributed by atoms with Gasteiger partial charge in [-0.1, -0.05) is 51.8 Å². The molecule has 0 saturated heterocycles. The Morgan fingerprint density at radius 2 is 2.10 bits per heavy atom. The summed E-state index contributed by atoms with van der Waals surface area (Å²) in [6.45, 7) is 2.02. The molecule has 1 unspecified atom stereocenters. The van der Waals surface area contributed by atoms with Crippen LogP contribution in [0.5, 0.6) is 0 Å². The van der Waals surface area contributed by atoms with Crippen molar-refractivity contribution in [2.45, 2.75) is 19.4 Å². The Hall–Kier alpha value is -0.940. The number of benzene rings is 2. The third kappa shape index (κ3) is 3.38. The molecule has 0 aliphatic heterocycles. The molecule has 1 atom stereocenters. The zero-order chi connectivity index (χ0) is 14.7. The number of hydrogen-bond acceptors (Lipinski definition) is 2. The highest BCUT2D eigenvalue weighted by Crippen LogP contribution is 2.29. The Balaban J connectivity index is 2.28. The van der Waals surface area contributed by atoms with Crippen LogP contribution >= 0.6 is 27.5 Å². The third-order valence-corrected chi connectivity index (χ3v) is 4.61. The van der Waals surface area contributed by atoms with Crippen LogP contribution in [0, 0.1) is 12.7 Å². The molecule has 0 aliphatic carbocycles. The van der Waals surface area contributed by atoms with E-state index in [4.69, 9.17) is 17.4 Å². The van der Waals surface area contributed by atoms with E-state index in [1.54, 1.807) is 12.1 Å². The lowest BCUT2D eigenvalue weighted by molar-refractivity contribution is 0.546. The predicted octanol–water partition coefficient (Wildman–Crippen LogP) is 4.30. The number of nitrogens with two attached hydrogens (primary N) is 1. The van der Waals surface area contributed by atoms with Crippen LogP contribution in [0.4, 0.5) is 4.39 Å². The number of aryl methyl sites for hydroxylation is 1. The van der Waals surface area contributed by atoms with Crippen molar-refractivity contribution in [2.75, 3.05) is 0 Å². The van der Waals surface area contributed by atoms with Crippen molar-refractivity contribution in [3.05, 3.63) is 68.4 Å². The lowest BCUT2D eigenvalue weighted by Crippen LogP contribution is -2.30. The minimum Gasteiger partial charge on any atom is -0.271 e. The SMILES string of the molecule is Cc1cccc(C(Cc2ccc(Cl)c(F)c2)NN)c1Br. The molecule has 0 heterocycles. The first-order valence-electron chi connectivity index (χ1n) is 6.18. The van der Waals surface area contributed by atoms with Crippen molar-refractivity contribution in [3.63, 3.8) is 0 Å². The molecule has 0 bridgehead atoms. The van der Waals surface area contributed by atoms with Crippen molar-refractivity contribution < 1.29 is 4.39 Å². The van der Waals surface area contributed by atoms with Gasteiger partial charge in [0.25, 0.3) is 0 Å². The fourth-order valence-corrected chi connectivity index (χ4v) is 2.76. The third-order valence-electron chi connectivity index (χ3n) is 3.22. The van der Waals surface area contributed by atoms with Crippen LogP contribution in [0.3, 0.4) is 0 Å². The van der Waals surface area contributed by atoms with E-state index in [-0.39, 0.29) is 11.1 Å². The van der Waals surface area contributed by atoms with Crippen molar-refractivity contribution in [1.29, 1.82) is 0 Å². The van der Waals surface area contributed by atoms with Gasteiger partial charge in [0.15, 0.2) is 0 Å². The van der Waals surface area contributed by atoms with E-state index >= 15 is 0 Å². The molecule has 0 radical (unpaired) electrons. The van der Waals surface area contributed by atoms with Crippen molar-refractivity contribution in [3.8, 4) is 0 Å². The van der Waals surface area contributed by atoms with Crippen molar-refractivity contribution in [2.24, 2.45) is 5.84 Å². The predicted molar refractivity (Wildman–Crippen MR) is 84.1 cm³/mol. The highest BCUT2D eigenvalue weighted by molar-refractivity contribution is 9.10. The fourth-order valence-electron chi connectivity index (χ4n) is 2.10. The summed E-state index contributed by atoms with van der Waals surface area (Å²) in [5.41, 5.74) is 5.79. The highest BCUT2D eigenvalue weighted by atomic mass is 79.9. The molecule has 2 aromatic carbocycles. The van der Waals surface area contributed by atoms with Gasteiger partial charge in [0.2, 0.25) is 0 Å². The Bertz CT molecular complexity index is 619. The quantitative estimate of drug-likeness (QED) is 0.632. The van der Waals surface area contributed by atoms with Crippen molar-refractivity contribution in [1.82, 2.24) is 5.43 Å². The molecule has 106 valence electrons. The molecular weight excluding hydrogens is 343 g/mol. The van der Waals surface area contributed by atoms with Crippen LogP contribution < -0.4 is 11.3 Å². The zero-order valence-electron chi connectivity index (χ0n) is 11.0. The number of nitrogens with one attached hydrogen (secondary N) is 1. The van der Waals surface area contributed by atoms with Gasteiger partial charge < -0.3 is 0 Å². The summed E-state index contributed by atoms with van der Waals surface area (Å²) in [4.78, 5) is 0. The Labute approximate surface area is 131 Å². The molecule has 2 nitrogen and oxygen atoms in total. The highest BCUT2D eigenvalue weighted by Gasteiger charge is 2.15. The zero-order valence-corrected chi connectivity index (χ0v) is 13.3. The standard InChI is InChI=1S/C15H15BrClFN2/c1-9-3-2-4-11(15(9)16)14(20-19)8-10-5-6-12(17)13(18)7-10/h2-7,14,20H,8,19H2,1H3. The average Bonchev–Trinajstić information content (AvgIpc) is 2.43. The molecule has 0 amide bonds. The first kappa shape index (κ1) is 15.4. The molecule has 2 rings (SSSR count). The molecule has 0 aliphatic rings. The second-order valence-electron chi connectivity index (χ2n) is 4.65. The van der Waals surface area contributed by atoms with Crippen molar-refractivity contribution >= 4 is 27.5 Å². The van der Waals surface area contributed by atoms with E-state index in [2.05, 4.69) is 21.4 Å². The minimum absolute atomic E-state index is 0.107. The van der Waals surface area contributed by atoms with Crippen LogP contribution in [-0.4, -0.2) is 0 Å². The number of hydrogen-bond donors (Lipinski definition) is 2. The Morgan fingerprint density at radius 1 is 1.35 bits per heavy atom. The van der Waals surface area contributed by atoms with Gasteiger partial charge in [0.1, 0.15) is 5.82 Å². The van der Waals surface area contributed by atoms with Crippen LogP contribution in [0.1, 0.15) is 22.7 Å². The number of rotatable bonds is 4. The molecule has 0 aromatic heterocycles. The van der Waals surface area contributed by atoms with Crippen LogP contribution in [0.15, 0.2) is 40.9 Å². The maximum Gasteiger partial charge on any atom is 0.142 e. The Morgan fingerprint density at radius 3 is 2.75 bits per heavy atom. The van der Waals surface area contributed by atoms with Crippen LogP contribution in [0.25, 0.3) is 0 Å². The van der Waals surface area contributed by atoms with Gasteiger partial charge in [-0.25, -0.2) is 4.39 Å². The molecular formula is C15H15BrClFN2. The smallest absolute Gasteiger partial charge is 0.142 e. The summed E-state index contributed by atoms with van der Waals surface area (Å²) in [6, 6.07) is 10.7. The van der Waals surface area contributed by atoms with E-state index in [9.17, 15) is 4.39 Å². The van der Waals surface area contributed by atoms with E-state index in [0.717, 1.165) is 21.2 Å². The maximum atomic E-state index is 13.5. The second kappa shape index (κ2) is 6.68. The second-order valence-corrected chi connectivity index (χ2v) is 5.85. The normalized spacial score (nSPS) is 12.4.